The van der Waals surface area contributed by atoms with Crippen molar-refractivity contribution in [1.82, 2.24) is 64.2 Å². The summed E-state index contributed by atoms with van der Waals surface area (Å²) < 4.78 is 28.7. The van der Waals surface area contributed by atoms with Gasteiger partial charge in [0.2, 0.25) is 0 Å². The van der Waals surface area contributed by atoms with Gasteiger partial charge in [-0.1, -0.05) is 0 Å². The number of nitrogens with one attached hydrogen (secondary N) is 1. The van der Waals surface area contributed by atoms with Gasteiger partial charge in [0.1, 0.15) is 29.9 Å². The summed E-state index contributed by atoms with van der Waals surface area (Å²) in [5.74, 6) is 2.14. The molecular formula is C84H79Br4IN18O7Se4. The van der Waals surface area contributed by atoms with Crippen molar-refractivity contribution in [3.8, 4) is 28.4 Å². The van der Waals surface area contributed by atoms with E-state index in [9.17, 15) is 19.5 Å². The van der Waals surface area contributed by atoms with Crippen molar-refractivity contribution in [3.63, 3.8) is 0 Å². The van der Waals surface area contributed by atoms with Gasteiger partial charge in [0.25, 0.3) is 0 Å². The zero-order valence-electron chi connectivity index (χ0n) is 64.9. The van der Waals surface area contributed by atoms with Crippen molar-refractivity contribution in [2.24, 2.45) is 0 Å². The molecule has 34 heteroatoms. The second kappa shape index (κ2) is 45.1. The fourth-order valence-electron chi connectivity index (χ4n) is 9.40. The summed E-state index contributed by atoms with van der Waals surface area (Å²) in [4.78, 5) is 89.1. The molecule has 0 spiro atoms. The number of nitrogens with zero attached hydrogens (tertiary/aromatic N) is 14. The third-order valence-electron chi connectivity index (χ3n) is 14.3. The maximum atomic E-state index is 12.4. The van der Waals surface area contributed by atoms with Gasteiger partial charge in [-0.2, -0.15) is 4.90 Å². The third-order valence-corrected chi connectivity index (χ3v) is 24.9. The molecule has 0 fully saturated rings. The summed E-state index contributed by atoms with van der Waals surface area (Å²) in [6, 6.07) is 70.9. The van der Waals surface area contributed by atoms with Gasteiger partial charge < -0.3 is 15.2 Å². The molecule has 0 atom stereocenters. The molecule has 14 rings (SSSR count). The van der Waals surface area contributed by atoms with Crippen LogP contribution in [0.5, 0.6) is 5.88 Å². The monoisotopic (exact) mass is 2210 g/mol. The molecule has 0 radical (unpaired) electrons. The van der Waals surface area contributed by atoms with Gasteiger partial charge in [0.05, 0.1) is 18.6 Å². The van der Waals surface area contributed by atoms with Gasteiger partial charge in [-0.05, 0) is 96.0 Å². The number of nitrogen functional groups attached to an aromatic ring is 3. The van der Waals surface area contributed by atoms with E-state index >= 15 is 0 Å². The van der Waals surface area contributed by atoms with Crippen LogP contribution in [0.1, 0.15) is 73.6 Å². The number of imidazole rings is 1. The molecular weight excluding hydrogens is 2140 g/mol. The topological polar surface area (TPSA) is 352 Å². The van der Waals surface area contributed by atoms with E-state index in [-0.39, 0.29) is 71.5 Å². The number of aromatic nitrogens is 13. The Morgan fingerprint density at radius 3 is 1.29 bits per heavy atom. The molecule has 0 aliphatic carbocycles. The summed E-state index contributed by atoms with van der Waals surface area (Å²) in [5.41, 5.74) is 21.1. The van der Waals surface area contributed by atoms with Crippen LogP contribution >= 0.6 is 86.3 Å². The fraction of sp³-hybridized carbons (Fsp3) is 0.155. The molecule has 0 saturated carbocycles. The van der Waals surface area contributed by atoms with E-state index in [1.165, 1.54) is 25.8 Å². The van der Waals surface area contributed by atoms with Gasteiger partial charge in [-0.25, -0.2) is 29.5 Å². The molecule has 14 aromatic rings. The van der Waals surface area contributed by atoms with E-state index in [0.717, 1.165) is 66.1 Å². The standard InChI is InChI=1S/C25H19N3OSe.C16H13N3Se.C15H16BrN3O2Se.C14H19BrIN3O4.C10H8BrN3Se.C4H4BrN3/c29-25-21(16-18-10-4-1-5-11-18)26-23-24(30-20-14-8-3-9-15-20)27-22(17-28(23)25)19-12-6-2-7-13-19;17-15-16(20-13-9-5-2-6-10-13)19-14(11-18-15)12-7-3-1-4-8-12;1-15(2,3)21-14(20)19-12-13(18-11(16)9-17-12)22-10-7-5-4-6-8-10;1-13(2,3)22-11(20)19(12(21)23-14(4,5)6)10-9(16)18-8(15)7-17-10;11-8-6-13-9(12)10(14-8)15-7-4-2-1-3-5-7;5-3-1-8-4(6)2-7-3/h1-15,17,29H,16H2;1-11H,(H2,17,18);4-9H,1-3H3,(H,17,19,20);7H,1-6H3;1-6H,(H2,12,13);1-2H,(H2,6,8). The number of rotatable bonds is 14. The fourth-order valence-corrected chi connectivity index (χ4v) is 19.1. The van der Waals surface area contributed by atoms with Gasteiger partial charge in [-0.15, -0.1) is 0 Å². The average molecular weight is 2220 g/mol. The van der Waals surface area contributed by atoms with Gasteiger partial charge >= 0.3 is 564 Å². The number of carbonyl (C=O) groups is 3. The molecule has 0 saturated heterocycles. The number of nitrogens with two attached hydrogens (primary N) is 3. The number of amides is 3. The van der Waals surface area contributed by atoms with Crippen molar-refractivity contribution < 1.29 is 33.7 Å². The Morgan fingerprint density at radius 1 is 0.441 bits per heavy atom. The van der Waals surface area contributed by atoms with Crippen molar-refractivity contribution in [2.75, 3.05) is 27.4 Å². The second-order valence-electron chi connectivity index (χ2n) is 27.2. The van der Waals surface area contributed by atoms with Gasteiger partial charge in [-0.3, -0.25) is 0 Å². The number of fused-ring (bicyclic) bond motifs is 1. The molecule has 7 aromatic carbocycles. The van der Waals surface area contributed by atoms with Crippen molar-refractivity contribution >= 4 is 235 Å². The Balaban J connectivity index is 0.000000166. The second-order valence-corrected chi connectivity index (χ2v) is 40.4. The number of halogens is 5. The number of ether oxygens (including phenoxy) is 3. The summed E-state index contributed by atoms with van der Waals surface area (Å²) in [6.07, 6.45) is 9.50. The first kappa shape index (κ1) is 92.4. The number of aromatic hydroxyl groups is 1. The van der Waals surface area contributed by atoms with Crippen LogP contribution in [0.25, 0.3) is 28.2 Å². The van der Waals surface area contributed by atoms with E-state index in [0.29, 0.717) is 52.9 Å². The molecule has 3 amide bonds. The van der Waals surface area contributed by atoms with Crippen LogP contribution in [0, 0.1) is 3.70 Å². The normalized spacial score (nSPS) is 10.9. The number of benzene rings is 7. The number of anilines is 5. The molecule has 25 nitrogen and oxygen atoms in total. The number of hydrogen-bond acceptors (Lipinski definition) is 22. The molecule has 7 heterocycles. The van der Waals surface area contributed by atoms with E-state index in [4.69, 9.17) is 41.4 Å². The predicted molar refractivity (Wildman–Crippen MR) is 492 cm³/mol. The SMILES string of the molecule is CC(C)(C)OC(=O)N(C(=O)OC(C)(C)C)c1ncc(Br)nc1I.CC(C)(C)OC(=O)Nc1ncc(Br)nc1[Se]c1ccccc1.Nc1cnc(Br)cn1.Nc1ncc(-c2ccccc2)nc1[Se]c1ccccc1.Nc1ncc(Br)nc1[Se]c1ccccc1.Oc1c(Cc2ccccc2)nc2c([Se]c3ccccc3)nc(-c3ccccc3)cn12. The Hall–Kier alpha value is -9.50. The summed E-state index contributed by atoms with van der Waals surface area (Å²) in [7, 11) is 0. The van der Waals surface area contributed by atoms with E-state index in [2.05, 4.69) is 155 Å². The van der Waals surface area contributed by atoms with Crippen molar-refractivity contribution in [1.29, 1.82) is 0 Å². The van der Waals surface area contributed by atoms with Crippen LogP contribution in [0.2, 0.25) is 0 Å². The summed E-state index contributed by atoms with van der Waals surface area (Å²) in [5, 5.41) is 13.7. The van der Waals surface area contributed by atoms with Crippen LogP contribution in [0.4, 0.5) is 43.5 Å². The Morgan fingerprint density at radius 2 is 0.831 bits per heavy atom. The van der Waals surface area contributed by atoms with E-state index < -0.39 is 35.1 Å². The van der Waals surface area contributed by atoms with Crippen molar-refractivity contribution in [3.05, 3.63) is 289 Å². The molecule has 8 N–H and O–H groups in total. The third kappa shape index (κ3) is 31.0. The maximum absolute atomic E-state index is 12.4. The van der Waals surface area contributed by atoms with Crippen LogP contribution in [-0.2, 0) is 20.6 Å². The Bertz CT molecular complexity index is 5550. The molecule has 0 aliphatic rings. The van der Waals surface area contributed by atoms with Crippen LogP contribution < -0.4 is 63.6 Å². The minimum atomic E-state index is -0.874. The number of carbonyl (C=O) groups excluding carboxylic acids is 3. The van der Waals surface area contributed by atoms with Gasteiger partial charge in [0, 0.05) is 0 Å². The zero-order chi connectivity index (χ0) is 84.9. The summed E-state index contributed by atoms with van der Waals surface area (Å²) in [6.45, 7) is 15.7. The Kier molecular flexibility index (Phi) is 35.3. The first-order chi connectivity index (χ1) is 56.3. The molecule has 0 unspecified atom stereocenters. The van der Waals surface area contributed by atoms with Gasteiger partial charge in [0.15, 0.2) is 5.82 Å². The first-order valence-corrected chi connectivity index (χ1v) is 46.7. The minimum absolute atomic E-state index is 0.0326. The van der Waals surface area contributed by atoms with Crippen LogP contribution in [0.15, 0.2) is 274 Å². The molecule has 0 bridgehead atoms. The van der Waals surface area contributed by atoms with Crippen LogP contribution in [0.3, 0.4) is 0 Å². The summed E-state index contributed by atoms with van der Waals surface area (Å²) >= 11 is 14.9. The quantitative estimate of drug-likeness (QED) is 0.0383. The molecule has 0 aliphatic heterocycles. The van der Waals surface area contributed by atoms with E-state index in [1.54, 1.807) is 70.7 Å². The number of imide groups is 1. The van der Waals surface area contributed by atoms with Crippen molar-refractivity contribution in [2.45, 2.75) is 85.5 Å². The number of hydrogen-bond donors (Lipinski definition) is 5. The predicted octanol–water partition coefficient (Wildman–Crippen LogP) is 12.8. The van der Waals surface area contributed by atoms with E-state index in [1.807, 2.05) is 225 Å². The molecule has 7 aromatic heterocycles. The molecule has 606 valence electrons. The van der Waals surface area contributed by atoms with Crippen LogP contribution in [-0.4, -0.2) is 164 Å². The first-order valence-electron chi connectivity index (χ1n) is 35.6. The Labute approximate surface area is 756 Å². The zero-order valence-corrected chi connectivity index (χ0v) is 80.2. The molecule has 118 heavy (non-hydrogen) atoms. The average Bonchev–Trinajstić information content (AvgIpc) is 1.62.